The summed E-state index contributed by atoms with van der Waals surface area (Å²) in [6, 6.07) is 8.67. The Morgan fingerprint density at radius 3 is 2.50 bits per heavy atom. The van der Waals surface area contributed by atoms with Crippen molar-refractivity contribution in [2.45, 2.75) is 19.4 Å². The highest BCUT2D eigenvalue weighted by molar-refractivity contribution is 5.84. The summed E-state index contributed by atoms with van der Waals surface area (Å²) in [5.74, 6) is -0.437. The zero-order chi connectivity index (χ0) is 13.4. The van der Waals surface area contributed by atoms with Crippen LogP contribution < -0.4 is 21.9 Å². The standard InChI is InChI=1S/C12H18N4O2/c1-9(13)11(17)15-16-12(18)14-8-7-10-5-3-2-4-6-10/h2-6,9H,7-8,13H2,1H3,(H,15,17)(H2,14,16,18)/t9-/m1/s1. The van der Waals surface area contributed by atoms with Gasteiger partial charge in [-0.3, -0.25) is 10.2 Å². The van der Waals surface area contributed by atoms with Gasteiger partial charge in [0.15, 0.2) is 0 Å². The van der Waals surface area contributed by atoms with Crippen molar-refractivity contribution in [2.75, 3.05) is 6.54 Å². The summed E-state index contributed by atoms with van der Waals surface area (Å²) < 4.78 is 0. The van der Waals surface area contributed by atoms with E-state index in [1.165, 1.54) is 6.92 Å². The Bertz CT molecular complexity index is 392. The summed E-state index contributed by atoms with van der Waals surface area (Å²) >= 11 is 0. The number of nitrogens with two attached hydrogens (primary N) is 1. The molecule has 3 amide bonds. The number of carbonyl (C=O) groups is 2. The SMILES string of the molecule is C[C@@H](N)C(=O)NNC(=O)NCCc1ccccc1. The van der Waals surface area contributed by atoms with E-state index in [9.17, 15) is 9.59 Å². The number of hydrazine groups is 1. The molecule has 0 fully saturated rings. The molecule has 1 aromatic carbocycles. The van der Waals surface area contributed by atoms with E-state index in [-0.39, 0.29) is 0 Å². The van der Waals surface area contributed by atoms with Gasteiger partial charge >= 0.3 is 6.03 Å². The minimum Gasteiger partial charge on any atom is -0.336 e. The predicted molar refractivity (Wildman–Crippen MR) is 68.5 cm³/mol. The van der Waals surface area contributed by atoms with Crippen LogP contribution in [0, 0.1) is 0 Å². The lowest BCUT2D eigenvalue weighted by atomic mass is 10.1. The summed E-state index contributed by atoms with van der Waals surface area (Å²) in [6.45, 7) is 2.02. The summed E-state index contributed by atoms with van der Waals surface area (Å²) in [5, 5.41) is 2.62. The van der Waals surface area contributed by atoms with Gasteiger partial charge in [-0.05, 0) is 18.9 Å². The van der Waals surface area contributed by atoms with E-state index in [2.05, 4.69) is 16.2 Å². The Hall–Kier alpha value is -2.08. The Morgan fingerprint density at radius 1 is 1.22 bits per heavy atom. The molecule has 0 bridgehead atoms. The zero-order valence-corrected chi connectivity index (χ0v) is 10.3. The second-order valence-electron chi connectivity index (χ2n) is 3.89. The minimum atomic E-state index is -0.658. The Morgan fingerprint density at radius 2 is 1.89 bits per heavy atom. The van der Waals surface area contributed by atoms with Gasteiger partial charge in [0, 0.05) is 6.54 Å². The molecule has 98 valence electrons. The molecule has 0 heterocycles. The number of rotatable bonds is 4. The van der Waals surface area contributed by atoms with Crippen LogP contribution >= 0.6 is 0 Å². The topological polar surface area (TPSA) is 96.2 Å². The Labute approximate surface area is 106 Å². The molecule has 1 atom stereocenters. The van der Waals surface area contributed by atoms with Crippen LogP contribution in [0.2, 0.25) is 0 Å². The summed E-state index contributed by atoms with van der Waals surface area (Å²) in [5.41, 5.74) is 10.9. The van der Waals surface area contributed by atoms with Crippen molar-refractivity contribution in [3.05, 3.63) is 35.9 Å². The van der Waals surface area contributed by atoms with Crippen LogP contribution in [0.1, 0.15) is 12.5 Å². The first-order valence-electron chi connectivity index (χ1n) is 5.73. The van der Waals surface area contributed by atoms with Gasteiger partial charge in [-0.1, -0.05) is 30.3 Å². The van der Waals surface area contributed by atoms with Gasteiger partial charge in [0.05, 0.1) is 6.04 Å². The highest BCUT2D eigenvalue weighted by Gasteiger charge is 2.07. The quantitative estimate of drug-likeness (QED) is 0.562. The molecular weight excluding hydrogens is 232 g/mol. The lowest BCUT2D eigenvalue weighted by Crippen LogP contribution is -2.51. The van der Waals surface area contributed by atoms with E-state index in [0.717, 1.165) is 12.0 Å². The molecule has 0 saturated heterocycles. The molecule has 0 spiro atoms. The normalized spacial score (nSPS) is 11.4. The fourth-order valence-corrected chi connectivity index (χ4v) is 1.24. The van der Waals surface area contributed by atoms with E-state index in [1.807, 2.05) is 30.3 Å². The third-order valence-corrected chi connectivity index (χ3v) is 2.25. The Balaban J connectivity index is 2.16. The second kappa shape index (κ2) is 7.29. The van der Waals surface area contributed by atoms with Crippen LogP contribution in [-0.2, 0) is 11.2 Å². The molecule has 0 radical (unpaired) electrons. The second-order valence-corrected chi connectivity index (χ2v) is 3.89. The van der Waals surface area contributed by atoms with Crippen LogP contribution in [0.25, 0.3) is 0 Å². The van der Waals surface area contributed by atoms with Gasteiger partial charge in [0.2, 0.25) is 0 Å². The Kier molecular flexibility index (Phi) is 5.66. The minimum absolute atomic E-state index is 0.437. The van der Waals surface area contributed by atoms with E-state index in [4.69, 9.17) is 5.73 Å². The van der Waals surface area contributed by atoms with Gasteiger partial charge in [-0.25, -0.2) is 10.2 Å². The first-order valence-corrected chi connectivity index (χ1v) is 5.73. The van der Waals surface area contributed by atoms with Crippen LogP contribution in [-0.4, -0.2) is 24.5 Å². The van der Waals surface area contributed by atoms with Crippen molar-refractivity contribution >= 4 is 11.9 Å². The first kappa shape index (κ1) is 14.0. The highest BCUT2D eigenvalue weighted by atomic mass is 16.2. The maximum atomic E-state index is 11.3. The number of urea groups is 1. The highest BCUT2D eigenvalue weighted by Crippen LogP contribution is 1.97. The van der Waals surface area contributed by atoms with Crippen molar-refractivity contribution in [2.24, 2.45) is 5.73 Å². The predicted octanol–water partition coefficient (Wildman–Crippen LogP) is -0.0933. The molecule has 5 N–H and O–H groups in total. The third kappa shape index (κ3) is 5.31. The molecule has 0 aliphatic carbocycles. The molecule has 0 unspecified atom stereocenters. The fraction of sp³-hybridized carbons (Fsp3) is 0.333. The van der Waals surface area contributed by atoms with Crippen molar-refractivity contribution < 1.29 is 9.59 Å². The zero-order valence-electron chi connectivity index (χ0n) is 10.3. The third-order valence-electron chi connectivity index (χ3n) is 2.25. The van der Waals surface area contributed by atoms with Gasteiger partial charge < -0.3 is 11.1 Å². The van der Waals surface area contributed by atoms with Crippen molar-refractivity contribution in [1.82, 2.24) is 16.2 Å². The molecule has 1 rings (SSSR count). The number of hydrogen-bond donors (Lipinski definition) is 4. The number of carbonyl (C=O) groups excluding carboxylic acids is 2. The van der Waals surface area contributed by atoms with Gasteiger partial charge in [-0.15, -0.1) is 0 Å². The van der Waals surface area contributed by atoms with Crippen molar-refractivity contribution in [3.8, 4) is 0 Å². The van der Waals surface area contributed by atoms with Crippen molar-refractivity contribution in [1.29, 1.82) is 0 Å². The van der Waals surface area contributed by atoms with Crippen LogP contribution in [0.5, 0.6) is 0 Å². The maximum absolute atomic E-state index is 11.3. The molecular formula is C12H18N4O2. The van der Waals surface area contributed by atoms with E-state index >= 15 is 0 Å². The lowest BCUT2D eigenvalue weighted by molar-refractivity contribution is -0.122. The number of amides is 3. The van der Waals surface area contributed by atoms with Crippen LogP contribution in [0.4, 0.5) is 4.79 Å². The van der Waals surface area contributed by atoms with E-state index in [1.54, 1.807) is 0 Å². The van der Waals surface area contributed by atoms with Crippen LogP contribution in [0.3, 0.4) is 0 Å². The monoisotopic (exact) mass is 250 g/mol. The fourth-order valence-electron chi connectivity index (χ4n) is 1.24. The summed E-state index contributed by atoms with van der Waals surface area (Å²) in [7, 11) is 0. The number of nitrogens with one attached hydrogen (secondary N) is 3. The molecule has 0 aliphatic heterocycles. The molecule has 1 aromatic rings. The average molecular weight is 250 g/mol. The summed E-state index contributed by atoms with van der Waals surface area (Å²) in [6.07, 6.45) is 0.732. The smallest absolute Gasteiger partial charge is 0.333 e. The first-order chi connectivity index (χ1) is 8.59. The lowest BCUT2D eigenvalue weighted by Gasteiger charge is -2.10. The van der Waals surface area contributed by atoms with Gasteiger partial charge in [-0.2, -0.15) is 0 Å². The van der Waals surface area contributed by atoms with E-state index < -0.39 is 18.0 Å². The molecule has 18 heavy (non-hydrogen) atoms. The molecule has 6 nitrogen and oxygen atoms in total. The maximum Gasteiger partial charge on any atom is 0.333 e. The van der Waals surface area contributed by atoms with Gasteiger partial charge in [0.25, 0.3) is 5.91 Å². The van der Waals surface area contributed by atoms with E-state index in [0.29, 0.717) is 6.54 Å². The van der Waals surface area contributed by atoms with Crippen LogP contribution in [0.15, 0.2) is 30.3 Å². The average Bonchev–Trinajstić information content (AvgIpc) is 2.37. The molecule has 6 heteroatoms. The molecule has 0 aliphatic rings. The largest absolute Gasteiger partial charge is 0.336 e. The molecule has 0 aromatic heterocycles. The number of benzene rings is 1. The summed E-state index contributed by atoms with van der Waals surface area (Å²) in [4.78, 5) is 22.3. The van der Waals surface area contributed by atoms with Gasteiger partial charge in [0.1, 0.15) is 0 Å². The number of hydrogen-bond acceptors (Lipinski definition) is 3. The molecule has 0 saturated carbocycles. The van der Waals surface area contributed by atoms with Crippen molar-refractivity contribution in [3.63, 3.8) is 0 Å².